The number of aromatic nitrogens is 2. The van der Waals surface area contributed by atoms with E-state index in [-0.39, 0.29) is 11.4 Å². The monoisotopic (exact) mass is 322 g/mol. The highest BCUT2D eigenvalue weighted by Crippen LogP contribution is 2.33. The SMILES string of the molecule is C#CC(=O)OC1CCN(C)C(=O)N1c1nnc(C(C)(C)C)s1. The summed E-state index contributed by atoms with van der Waals surface area (Å²) in [6, 6.07) is -0.294. The molecule has 1 unspecified atom stereocenters. The summed E-state index contributed by atoms with van der Waals surface area (Å²) in [5.74, 6) is 1.10. The maximum absolute atomic E-state index is 12.4. The highest BCUT2D eigenvalue weighted by atomic mass is 32.1. The summed E-state index contributed by atoms with van der Waals surface area (Å²) >= 11 is 1.30. The van der Waals surface area contributed by atoms with Gasteiger partial charge in [0.1, 0.15) is 5.01 Å². The van der Waals surface area contributed by atoms with E-state index in [4.69, 9.17) is 11.2 Å². The van der Waals surface area contributed by atoms with Crippen LogP contribution in [-0.4, -0.2) is 46.9 Å². The molecular weight excluding hydrogens is 304 g/mol. The van der Waals surface area contributed by atoms with Crippen molar-refractivity contribution in [2.24, 2.45) is 0 Å². The molecule has 1 atom stereocenters. The van der Waals surface area contributed by atoms with Crippen molar-refractivity contribution in [1.82, 2.24) is 15.1 Å². The van der Waals surface area contributed by atoms with Crippen LogP contribution < -0.4 is 4.90 Å². The van der Waals surface area contributed by atoms with Crippen molar-refractivity contribution in [2.75, 3.05) is 18.5 Å². The molecule has 2 rings (SSSR count). The van der Waals surface area contributed by atoms with Crippen LogP contribution in [0.2, 0.25) is 0 Å². The molecule has 0 radical (unpaired) electrons. The molecule has 1 fully saturated rings. The minimum Gasteiger partial charge on any atom is -0.431 e. The Morgan fingerprint density at radius 1 is 1.45 bits per heavy atom. The molecule has 0 aromatic carbocycles. The van der Waals surface area contributed by atoms with Crippen LogP contribution >= 0.6 is 11.3 Å². The van der Waals surface area contributed by atoms with Crippen LogP contribution in [0.1, 0.15) is 32.2 Å². The fourth-order valence-corrected chi connectivity index (χ4v) is 2.86. The van der Waals surface area contributed by atoms with E-state index in [2.05, 4.69) is 10.2 Å². The summed E-state index contributed by atoms with van der Waals surface area (Å²) in [4.78, 5) is 26.7. The Balaban J connectivity index is 2.33. The van der Waals surface area contributed by atoms with Crippen molar-refractivity contribution in [3.63, 3.8) is 0 Å². The summed E-state index contributed by atoms with van der Waals surface area (Å²) < 4.78 is 5.16. The maximum Gasteiger partial charge on any atom is 0.386 e. The summed E-state index contributed by atoms with van der Waals surface area (Å²) in [5.41, 5.74) is -0.175. The quantitative estimate of drug-likeness (QED) is 0.470. The van der Waals surface area contributed by atoms with Crippen LogP contribution in [0, 0.1) is 12.3 Å². The number of nitrogens with zero attached hydrogens (tertiary/aromatic N) is 4. The number of hydrogen-bond donors (Lipinski definition) is 0. The number of esters is 1. The third-order valence-corrected chi connectivity index (χ3v) is 4.50. The second-order valence-electron chi connectivity index (χ2n) is 6.01. The van der Waals surface area contributed by atoms with E-state index in [9.17, 15) is 9.59 Å². The van der Waals surface area contributed by atoms with Crippen LogP contribution in [0.4, 0.5) is 9.93 Å². The lowest BCUT2D eigenvalue weighted by Crippen LogP contribution is -2.54. The fraction of sp³-hybridized carbons (Fsp3) is 0.571. The van der Waals surface area contributed by atoms with Crippen LogP contribution in [0.3, 0.4) is 0 Å². The second kappa shape index (κ2) is 5.93. The van der Waals surface area contributed by atoms with E-state index in [1.807, 2.05) is 26.7 Å². The first kappa shape index (κ1) is 16.2. The maximum atomic E-state index is 12.4. The van der Waals surface area contributed by atoms with Gasteiger partial charge < -0.3 is 9.64 Å². The number of urea groups is 1. The predicted molar refractivity (Wildman–Crippen MR) is 82.4 cm³/mol. The smallest absolute Gasteiger partial charge is 0.386 e. The van der Waals surface area contributed by atoms with E-state index >= 15 is 0 Å². The van der Waals surface area contributed by atoms with Gasteiger partial charge in [-0.25, -0.2) is 14.5 Å². The molecule has 7 nitrogen and oxygen atoms in total. The highest BCUT2D eigenvalue weighted by molar-refractivity contribution is 7.15. The van der Waals surface area contributed by atoms with Crippen LogP contribution in [-0.2, 0) is 14.9 Å². The number of rotatable bonds is 2. The molecule has 1 aromatic rings. The van der Waals surface area contributed by atoms with Gasteiger partial charge >= 0.3 is 12.0 Å². The summed E-state index contributed by atoms with van der Waals surface area (Å²) in [6.07, 6.45) is 4.73. The molecule has 22 heavy (non-hydrogen) atoms. The molecule has 2 amide bonds. The first-order chi connectivity index (χ1) is 10.2. The lowest BCUT2D eigenvalue weighted by atomic mass is 9.98. The summed E-state index contributed by atoms with van der Waals surface area (Å²) in [6.45, 7) is 6.51. The molecule has 118 valence electrons. The minimum atomic E-state index is -0.798. The zero-order valence-electron chi connectivity index (χ0n) is 13.0. The lowest BCUT2D eigenvalue weighted by molar-refractivity contribution is -0.142. The molecule has 2 heterocycles. The number of hydrogen-bond acceptors (Lipinski definition) is 6. The van der Waals surface area contributed by atoms with Crippen molar-refractivity contribution in [2.45, 2.75) is 38.8 Å². The zero-order valence-corrected chi connectivity index (χ0v) is 13.8. The molecule has 1 saturated heterocycles. The van der Waals surface area contributed by atoms with Crippen molar-refractivity contribution in [3.05, 3.63) is 5.01 Å². The van der Waals surface area contributed by atoms with Crippen molar-refractivity contribution >= 4 is 28.5 Å². The number of carbonyl (C=O) groups excluding carboxylic acids is 2. The van der Waals surface area contributed by atoms with Crippen molar-refractivity contribution in [3.8, 4) is 12.3 Å². The zero-order chi connectivity index (χ0) is 16.5. The van der Waals surface area contributed by atoms with Gasteiger partial charge in [-0.3, -0.25) is 0 Å². The Morgan fingerprint density at radius 2 is 2.14 bits per heavy atom. The average molecular weight is 322 g/mol. The summed E-state index contributed by atoms with van der Waals surface area (Å²) in [5, 5.41) is 9.41. The Kier molecular flexibility index (Phi) is 4.37. The largest absolute Gasteiger partial charge is 0.431 e. The van der Waals surface area contributed by atoms with Gasteiger partial charge in [-0.15, -0.1) is 16.6 Å². The van der Waals surface area contributed by atoms with Crippen LogP contribution in [0.15, 0.2) is 0 Å². The number of anilines is 1. The molecule has 0 aliphatic carbocycles. The number of amides is 2. The Hall–Kier alpha value is -2.14. The summed E-state index contributed by atoms with van der Waals surface area (Å²) in [7, 11) is 1.68. The van der Waals surface area contributed by atoms with E-state index < -0.39 is 12.2 Å². The Bertz CT molecular complexity index is 629. The first-order valence-electron chi connectivity index (χ1n) is 6.79. The third-order valence-electron chi connectivity index (χ3n) is 3.16. The van der Waals surface area contributed by atoms with Crippen LogP contribution in [0.5, 0.6) is 0 Å². The van der Waals surface area contributed by atoms with Gasteiger partial charge in [0.15, 0.2) is 6.23 Å². The van der Waals surface area contributed by atoms with E-state index in [0.29, 0.717) is 18.1 Å². The molecular formula is C14H18N4O3S. The molecule has 8 heteroatoms. The van der Waals surface area contributed by atoms with Gasteiger partial charge in [-0.2, -0.15) is 0 Å². The normalized spacial score (nSPS) is 19.0. The van der Waals surface area contributed by atoms with Crippen molar-refractivity contribution < 1.29 is 14.3 Å². The Labute approximate surface area is 133 Å². The number of carbonyl (C=O) groups is 2. The van der Waals surface area contributed by atoms with E-state index in [1.54, 1.807) is 11.9 Å². The van der Waals surface area contributed by atoms with Crippen molar-refractivity contribution in [1.29, 1.82) is 0 Å². The molecule has 0 N–H and O–H groups in total. The topological polar surface area (TPSA) is 75.6 Å². The average Bonchev–Trinajstić information content (AvgIpc) is 2.92. The highest BCUT2D eigenvalue weighted by Gasteiger charge is 2.37. The molecule has 0 bridgehead atoms. The van der Waals surface area contributed by atoms with E-state index in [0.717, 1.165) is 5.01 Å². The molecule has 1 aromatic heterocycles. The fourth-order valence-electron chi connectivity index (χ4n) is 1.93. The predicted octanol–water partition coefficient (Wildman–Crippen LogP) is 1.60. The minimum absolute atomic E-state index is 0.175. The van der Waals surface area contributed by atoms with Gasteiger partial charge in [0.25, 0.3) is 0 Å². The Morgan fingerprint density at radius 3 is 2.68 bits per heavy atom. The number of ether oxygens (including phenoxy) is 1. The lowest BCUT2D eigenvalue weighted by Gasteiger charge is -2.36. The molecule has 0 saturated carbocycles. The van der Waals surface area contributed by atoms with Gasteiger partial charge in [-0.05, 0) is 0 Å². The van der Waals surface area contributed by atoms with Gasteiger partial charge in [0.05, 0.1) is 0 Å². The first-order valence-corrected chi connectivity index (χ1v) is 7.61. The standard InChI is InChI=1S/C14H18N4O3S/c1-6-10(19)21-9-7-8-17(5)13(20)18(9)12-16-15-11(22-12)14(2,3)4/h1,9H,7-8H2,2-5H3. The van der Waals surface area contributed by atoms with Gasteiger partial charge in [0, 0.05) is 31.3 Å². The molecule has 1 aliphatic rings. The second-order valence-corrected chi connectivity index (χ2v) is 6.96. The van der Waals surface area contributed by atoms with E-state index in [1.165, 1.54) is 16.2 Å². The van der Waals surface area contributed by atoms with Gasteiger partial charge in [0.2, 0.25) is 5.13 Å². The van der Waals surface area contributed by atoms with Gasteiger partial charge in [-0.1, -0.05) is 32.1 Å². The third kappa shape index (κ3) is 3.20. The molecule has 0 spiro atoms. The number of terminal acetylenes is 1. The molecule has 1 aliphatic heterocycles. The van der Waals surface area contributed by atoms with Crippen LogP contribution in [0.25, 0.3) is 0 Å².